The highest BCUT2D eigenvalue weighted by Gasteiger charge is 2.08. The van der Waals surface area contributed by atoms with Crippen molar-refractivity contribution in [1.29, 1.82) is 5.26 Å². The van der Waals surface area contributed by atoms with E-state index in [2.05, 4.69) is 0 Å². The van der Waals surface area contributed by atoms with Gasteiger partial charge < -0.3 is 10.2 Å². The molecule has 0 saturated heterocycles. The third-order valence-corrected chi connectivity index (χ3v) is 1.92. The zero-order valence-electron chi connectivity index (χ0n) is 7.61. The van der Waals surface area contributed by atoms with Gasteiger partial charge in [-0.05, 0) is 24.6 Å². The lowest BCUT2D eigenvalue weighted by molar-refractivity contribution is -0.136. The van der Waals surface area contributed by atoms with E-state index in [1.54, 1.807) is 6.92 Å². The highest BCUT2D eigenvalue weighted by molar-refractivity contribution is 5.71. The SMILES string of the molecule is Cc1c(O)cc(CC(=O)O)cc1C#N. The van der Waals surface area contributed by atoms with Gasteiger partial charge in [-0.3, -0.25) is 4.79 Å². The van der Waals surface area contributed by atoms with Gasteiger partial charge in [-0.25, -0.2) is 0 Å². The monoisotopic (exact) mass is 191 g/mol. The topological polar surface area (TPSA) is 81.3 Å². The number of aliphatic carboxylic acids is 1. The number of carboxylic acid groups (broad SMARTS) is 1. The number of hydrogen-bond acceptors (Lipinski definition) is 3. The van der Waals surface area contributed by atoms with Crippen LogP contribution in [0.25, 0.3) is 0 Å². The van der Waals surface area contributed by atoms with Crippen LogP contribution < -0.4 is 0 Å². The lowest BCUT2D eigenvalue weighted by atomic mass is 10.0. The number of nitriles is 1. The molecule has 0 aromatic heterocycles. The number of hydrogen-bond donors (Lipinski definition) is 2. The summed E-state index contributed by atoms with van der Waals surface area (Å²) in [6, 6.07) is 4.74. The predicted molar refractivity (Wildman–Crippen MR) is 48.9 cm³/mol. The summed E-state index contributed by atoms with van der Waals surface area (Å²) in [4.78, 5) is 10.4. The van der Waals surface area contributed by atoms with Gasteiger partial charge in [0.25, 0.3) is 0 Å². The van der Waals surface area contributed by atoms with Crippen molar-refractivity contribution in [3.8, 4) is 11.8 Å². The van der Waals surface area contributed by atoms with Gasteiger partial charge in [0.2, 0.25) is 0 Å². The summed E-state index contributed by atoms with van der Waals surface area (Å²) < 4.78 is 0. The van der Waals surface area contributed by atoms with Gasteiger partial charge in [-0.15, -0.1) is 0 Å². The molecule has 0 aliphatic carbocycles. The molecule has 0 aliphatic heterocycles. The van der Waals surface area contributed by atoms with Crippen LogP contribution in [0.1, 0.15) is 16.7 Å². The molecule has 4 nitrogen and oxygen atoms in total. The summed E-state index contributed by atoms with van der Waals surface area (Å²) >= 11 is 0. The van der Waals surface area contributed by atoms with Crippen LogP contribution in [0.5, 0.6) is 5.75 Å². The minimum Gasteiger partial charge on any atom is -0.508 e. The Bertz CT molecular complexity index is 418. The first-order valence-electron chi connectivity index (χ1n) is 3.99. The van der Waals surface area contributed by atoms with E-state index in [-0.39, 0.29) is 12.2 Å². The summed E-state index contributed by atoms with van der Waals surface area (Å²) in [7, 11) is 0. The van der Waals surface area contributed by atoms with E-state index in [0.29, 0.717) is 16.7 Å². The molecule has 0 unspecified atom stereocenters. The van der Waals surface area contributed by atoms with Gasteiger partial charge in [0.15, 0.2) is 0 Å². The van der Waals surface area contributed by atoms with Crippen LogP contribution in [0, 0.1) is 18.3 Å². The molecule has 1 aromatic carbocycles. The minimum absolute atomic E-state index is 0.0414. The van der Waals surface area contributed by atoms with Crippen molar-refractivity contribution >= 4 is 5.97 Å². The number of phenolic OH excluding ortho intramolecular Hbond substituents is 1. The molecule has 0 spiro atoms. The number of phenols is 1. The van der Waals surface area contributed by atoms with Crippen LogP contribution in [0.3, 0.4) is 0 Å². The van der Waals surface area contributed by atoms with Gasteiger partial charge in [-0.2, -0.15) is 5.26 Å². The molecule has 0 saturated carbocycles. The maximum absolute atomic E-state index is 10.4. The van der Waals surface area contributed by atoms with Gasteiger partial charge in [0, 0.05) is 5.56 Å². The minimum atomic E-state index is -0.989. The number of nitrogens with zero attached hydrogens (tertiary/aromatic N) is 1. The Balaban J connectivity index is 3.18. The van der Waals surface area contributed by atoms with Crippen LogP contribution in [-0.2, 0) is 11.2 Å². The van der Waals surface area contributed by atoms with Crippen molar-refractivity contribution in [2.75, 3.05) is 0 Å². The number of rotatable bonds is 2. The zero-order valence-corrected chi connectivity index (χ0v) is 7.61. The molecule has 72 valence electrons. The fraction of sp³-hybridized carbons (Fsp3) is 0.200. The largest absolute Gasteiger partial charge is 0.508 e. The zero-order chi connectivity index (χ0) is 10.7. The Morgan fingerprint density at radius 3 is 2.71 bits per heavy atom. The summed E-state index contributed by atoms with van der Waals surface area (Å²) in [5.74, 6) is -1.03. The summed E-state index contributed by atoms with van der Waals surface area (Å²) in [6.07, 6.45) is -0.192. The molecule has 0 bridgehead atoms. The van der Waals surface area contributed by atoms with Crippen molar-refractivity contribution in [3.05, 3.63) is 28.8 Å². The van der Waals surface area contributed by atoms with E-state index in [0.717, 1.165) is 0 Å². The quantitative estimate of drug-likeness (QED) is 0.735. The molecule has 2 N–H and O–H groups in total. The fourth-order valence-corrected chi connectivity index (χ4v) is 1.15. The van der Waals surface area contributed by atoms with E-state index in [1.807, 2.05) is 6.07 Å². The highest BCUT2D eigenvalue weighted by atomic mass is 16.4. The highest BCUT2D eigenvalue weighted by Crippen LogP contribution is 2.22. The Labute approximate surface area is 81.0 Å². The van der Waals surface area contributed by atoms with Crippen LogP contribution in [0.4, 0.5) is 0 Å². The molecule has 0 amide bonds. The lowest BCUT2D eigenvalue weighted by Gasteiger charge is -2.04. The number of benzene rings is 1. The third-order valence-electron chi connectivity index (χ3n) is 1.92. The molecule has 14 heavy (non-hydrogen) atoms. The van der Waals surface area contributed by atoms with Gasteiger partial charge in [0.05, 0.1) is 18.1 Å². The van der Waals surface area contributed by atoms with E-state index in [9.17, 15) is 9.90 Å². The maximum Gasteiger partial charge on any atom is 0.307 e. The van der Waals surface area contributed by atoms with E-state index < -0.39 is 5.97 Å². The van der Waals surface area contributed by atoms with E-state index in [1.165, 1.54) is 12.1 Å². The fourth-order valence-electron chi connectivity index (χ4n) is 1.15. The number of carbonyl (C=O) groups is 1. The second kappa shape index (κ2) is 3.79. The van der Waals surface area contributed by atoms with Crippen molar-refractivity contribution < 1.29 is 15.0 Å². The van der Waals surface area contributed by atoms with Crippen LogP contribution >= 0.6 is 0 Å². The first-order valence-corrected chi connectivity index (χ1v) is 3.99. The Morgan fingerprint density at radius 2 is 2.21 bits per heavy atom. The lowest BCUT2D eigenvalue weighted by Crippen LogP contribution is -2.00. The van der Waals surface area contributed by atoms with Gasteiger partial charge in [0.1, 0.15) is 5.75 Å². The molecule has 4 heteroatoms. The third kappa shape index (κ3) is 2.02. The van der Waals surface area contributed by atoms with Crippen LogP contribution in [0.2, 0.25) is 0 Å². The standard InChI is InChI=1S/C10H9NO3/c1-6-8(5-11)2-7(3-9(6)12)4-10(13)14/h2-3,12H,4H2,1H3,(H,13,14). The Morgan fingerprint density at radius 1 is 1.57 bits per heavy atom. The maximum atomic E-state index is 10.4. The Kier molecular flexibility index (Phi) is 2.73. The summed E-state index contributed by atoms with van der Waals surface area (Å²) in [6.45, 7) is 1.61. The molecule has 0 heterocycles. The second-order valence-electron chi connectivity index (χ2n) is 2.97. The molecular weight excluding hydrogens is 182 g/mol. The Hall–Kier alpha value is -2.02. The molecule has 0 fully saturated rings. The molecule has 0 aliphatic rings. The number of aromatic hydroxyl groups is 1. The average Bonchev–Trinajstić information content (AvgIpc) is 2.10. The van der Waals surface area contributed by atoms with Crippen molar-refractivity contribution in [2.45, 2.75) is 13.3 Å². The molecular formula is C10H9NO3. The normalized spacial score (nSPS) is 9.43. The predicted octanol–water partition coefficient (Wildman–Crippen LogP) is 1.20. The molecule has 1 rings (SSSR count). The molecule has 1 aromatic rings. The molecule has 0 atom stereocenters. The first-order chi connectivity index (χ1) is 6.54. The van der Waals surface area contributed by atoms with Crippen molar-refractivity contribution in [3.63, 3.8) is 0 Å². The van der Waals surface area contributed by atoms with Crippen LogP contribution in [0.15, 0.2) is 12.1 Å². The summed E-state index contributed by atoms with van der Waals surface area (Å²) in [5, 5.41) is 26.6. The van der Waals surface area contributed by atoms with Gasteiger partial charge >= 0.3 is 5.97 Å². The smallest absolute Gasteiger partial charge is 0.307 e. The second-order valence-corrected chi connectivity index (χ2v) is 2.97. The van der Waals surface area contributed by atoms with E-state index in [4.69, 9.17) is 10.4 Å². The first kappa shape index (κ1) is 10.1. The van der Waals surface area contributed by atoms with Crippen LogP contribution in [-0.4, -0.2) is 16.2 Å². The molecule has 0 radical (unpaired) electrons. The number of carboxylic acids is 1. The summed E-state index contributed by atoms with van der Waals surface area (Å²) in [5.41, 5.74) is 1.21. The van der Waals surface area contributed by atoms with Crippen molar-refractivity contribution in [1.82, 2.24) is 0 Å². The van der Waals surface area contributed by atoms with E-state index >= 15 is 0 Å². The van der Waals surface area contributed by atoms with Crippen molar-refractivity contribution in [2.24, 2.45) is 0 Å². The van der Waals surface area contributed by atoms with Gasteiger partial charge in [-0.1, -0.05) is 0 Å². The average molecular weight is 191 g/mol.